The molecule has 1 aliphatic heterocycles. The first-order chi connectivity index (χ1) is 5.86. The van der Waals surface area contributed by atoms with Crippen molar-refractivity contribution in [1.82, 2.24) is 10.2 Å². The zero-order valence-electron chi connectivity index (χ0n) is 6.58. The number of H-pyrrole nitrogens is 1. The highest BCUT2D eigenvalue weighted by Gasteiger charge is 2.20. The fraction of sp³-hybridized carbons (Fsp3) is 0.714. The summed E-state index contributed by atoms with van der Waals surface area (Å²) in [5.41, 5.74) is 0. The van der Waals surface area contributed by atoms with E-state index in [1.807, 2.05) is 0 Å². The maximum Gasteiger partial charge on any atom is 0.284 e. The minimum absolute atomic E-state index is 0.284. The van der Waals surface area contributed by atoms with Crippen LogP contribution in [0.5, 0.6) is 0 Å². The van der Waals surface area contributed by atoms with Gasteiger partial charge in [0.1, 0.15) is 0 Å². The summed E-state index contributed by atoms with van der Waals surface area (Å²) in [6.45, 7) is 1.55. The van der Waals surface area contributed by atoms with Crippen LogP contribution in [0.1, 0.15) is 24.7 Å². The molecule has 0 saturated carbocycles. The lowest BCUT2D eigenvalue weighted by molar-refractivity contribution is 0.0723. The summed E-state index contributed by atoms with van der Waals surface area (Å²) < 4.78 is 10.5. The second-order valence-corrected chi connectivity index (χ2v) is 3.24. The first-order valence-electron chi connectivity index (χ1n) is 3.99. The summed E-state index contributed by atoms with van der Waals surface area (Å²) in [6, 6.07) is 0. The van der Waals surface area contributed by atoms with Gasteiger partial charge in [-0.3, -0.25) is 0 Å². The van der Waals surface area contributed by atoms with Gasteiger partial charge in [-0.2, -0.15) is 0 Å². The van der Waals surface area contributed by atoms with Gasteiger partial charge in [0.15, 0.2) is 0 Å². The Hall–Kier alpha value is -0.680. The van der Waals surface area contributed by atoms with Crippen LogP contribution in [0.4, 0.5) is 0 Å². The smallest absolute Gasteiger partial charge is 0.284 e. The van der Waals surface area contributed by atoms with E-state index in [1.165, 1.54) is 0 Å². The summed E-state index contributed by atoms with van der Waals surface area (Å²) in [4.78, 5) is 0.343. The normalized spacial score (nSPS) is 24.2. The Morgan fingerprint density at radius 1 is 1.58 bits per heavy atom. The first-order valence-corrected chi connectivity index (χ1v) is 4.40. The molecule has 12 heavy (non-hydrogen) atoms. The standard InChI is InChI=1S/C7H10N2O2S/c12-7-9-8-6(11-7)5-2-1-3-10-4-5/h5H,1-4H2,(H,9,12). The molecule has 1 aliphatic rings. The average Bonchev–Trinajstić information content (AvgIpc) is 2.54. The number of nitrogens with zero attached hydrogens (tertiary/aromatic N) is 1. The third kappa shape index (κ3) is 1.56. The predicted molar refractivity (Wildman–Crippen MR) is 44.5 cm³/mol. The van der Waals surface area contributed by atoms with Crippen LogP contribution in [0.2, 0.25) is 0 Å². The zero-order valence-corrected chi connectivity index (χ0v) is 7.39. The first kappa shape index (κ1) is 7.94. The predicted octanol–water partition coefficient (Wildman–Crippen LogP) is 1.63. The molecule has 0 aliphatic carbocycles. The number of aromatic nitrogens is 2. The van der Waals surface area contributed by atoms with Gasteiger partial charge in [0.2, 0.25) is 5.89 Å². The summed E-state index contributed by atoms with van der Waals surface area (Å²) in [7, 11) is 0. The molecule has 1 unspecified atom stereocenters. The Morgan fingerprint density at radius 3 is 3.08 bits per heavy atom. The Balaban J connectivity index is 2.13. The van der Waals surface area contributed by atoms with Gasteiger partial charge in [-0.05, 0) is 25.1 Å². The lowest BCUT2D eigenvalue weighted by Gasteiger charge is -2.18. The van der Waals surface area contributed by atoms with Gasteiger partial charge in [0, 0.05) is 6.61 Å². The maximum atomic E-state index is 5.30. The van der Waals surface area contributed by atoms with Crippen molar-refractivity contribution in [3.63, 3.8) is 0 Å². The second kappa shape index (κ2) is 3.37. The quantitative estimate of drug-likeness (QED) is 0.677. The van der Waals surface area contributed by atoms with Crippen molar-refractivity contribution < 1.29 is 9.15 Å². The van der Waals surface area contributed by atoms with E-state index in [-0.39, 0.29) is 5.92 Å². The molecule has 1 aromatic heterocycles. The molecule has 1 aromatic rings. The third-order valence-corrected chi connectivity index (χ3v) is 2.14. The van der Waals surface area contributed by atoms with E-state index in [1.54, 1.807) is 0 Å². The van der Waals surface area contributed by atoms with Crippen molar-refractivity contribution in [1.29, 1.82) is 0 Å². The second-order valence-electron chi connectivity index (χ2n) is 2.87. The van der Waals surface area contributed by atoms with Gasteiger partial charge in [-0.15, -0.1) is 5.10 Å². The van der Waals surface area contributed by atoms with Crippen molar-refractivity contribution in [2.45, 2.75) is 18.8 Å². The van der Waals surface area contributed by atoms with Crippen LogP contribution in [0.3, 0.4) is 0 Å². The molecule has 1 saturated heterocycles. The number of ether oxygens (including phenoxy) is 1. The molecule has 0 aromatic carbocycles. The average molecular weight is 186 g/mol. The molecular formula is C7H10N2O2S. The van der Waals surface area contributed by atoms with Crippen molar-refractivity contribution in [3.05, 3.63) is 10.7 Å². The third-order valence-electron chi connectivity index (χ3n) is 1.96. The molecule has 0 spiro atoms. The van der Waals surface area contributed by atoms with Crippen LogP contribution in [0.15, 0.2) is 4.42 Å². The Labute approximate surface area is 74.9 Å². The molecule has 66 valence electrons. The Bertz CT molecular complexity index is 300. The molecule has 1 fully saturated rings. The fourth-order valence-electron chi connectivity index (χ4n) is 1.35. The highest BCUT2D eigenvalue weighted by molar-refractivity contribution is 7.71. The minimum Gasteiger partial charge on any atom is -0.414 e. The molecule has 0 radical (unpaired) electrons. The summed E-state index contributed by atoms with van der Waals surface area (Å²) >= 11 is 4.78. The van der Waals surface area contributed by atoms with E-state index in [0.29, 0.717) is 17.3 Å². The highest BCUT2D eigenvalue weighted by atomic mass is 32.1. The molecule has 0 bridgehead atoms. The van der Waals surface area contributed by atoms with Crippen LogP contribution in [0.25, 0.3) is 0 Å². The number of nitrogens with one attached hydrogen (secondary N) is 1. The summed E-state index contributed by atoms with van der Waals surface area (Å²) in [6.07, 6.45) is 2.14. The molecule has 1 N–H and O–H groups in total. The van der Waals surface area contributed by atoms with Gasteiger partial charge >= 0.3 is 0 Å². The van der Waals surface area contributed by atoms with Gasteiger partial charge < -0.3 is 9.15 Å². The van der Waals surface area contributed by atoms with E-state index >= 15 is 0 Å². The van der Waals surface area contributed by atoms with Gasteiger partial charge in [-0.25, -0.2) is 5.10 Å². The molecule has 5 heteroatoms. The van der Waals surface area contributed by atoms with Crippen LogP contribution in [-0.2, 0) is 4.74 Å². The minimum atomic E-state index is 0.284. The Kier molecular flexibility index (Phi) is 2.23. The lowest BCUT2D eigenvalue weighted by Crippen LogP contribution is -2.15. The van der Waals surface area contributed by atoms with Gasteiger partial charge in [0.05, 0.1) is 12.5 Å². The lowest BCUT2D eigenvalue weighted by atomic mass is 10.0. The monoisotopic (exact) mass is 186 g/mol. The summed E-state index contributed by atoms with van der Waals surface area (Å²) in [5, 5.41) is 6.57. The number of hydrogen-bond donors (Lipinski definition) is 1. The molecule has 4 nitrogen and oxygen atoms in total. The van der Waals surface area contributed by atoms with Gasteiger partial charge in [-0.1, -0.05) is 0 Å². The van der Waals surface area contributed by atoms with Crippen LogP contribution < -0.4 is 0 Å². The van der Waals surface area contributed by atoms with Crippen molar-refractivity contribution >= 4 is 12.2 Å². The van der Waals surface area contributed by atoms with Crippen LogP contribution >= 0.6 is 12.2 Å². The van der Waals surface area contributed by atoms with E-state index in [4.69, 9.17) is 21.4 Å². The van der Waals surface area contributed by atoms with E-state index in [0.717, 1.165) is 19.4 Å². The zero-order chi connectivity index (χ0) is 8.39. The van der Waals surface area contributed by atoms with Crippen molar-refractivity contribution in [2.75, 3.05) is 13.2 Å². The topological polar surface area (TPSA) is 51.0 Å². The molecule has 1 atom stereocenters. The molecular weight excluding hydrogens is 176 g/mol. The van der Waals surface area contributed by atoms with Gasteiger partial charge in [0.25, 0.3) is 4.84 Å². The van der Waals surface area contributed by atoms with E-state index in [2.05, 4.69) is 10.2 Å². The van der Waals surface area contributed by atoms with E-state index in [9.17, 15) is 0 Å². The molecule has 0 amide bonds. The van der Waals surface area contributed by atoms with Crippen LogP contribution in [-0.4, -0.2) is 23.4 Å². The SMILES string of the molecule is S=c1[nH]nc(C2CCCOC2)o1. The van der Waals surface area contributed by atoms with Crippen molar-refractivity contribution in [2.24, 2.45) is 0 Å². The fourth-order valence-corrected chi connectivity index (χ4v) is 1.48. The molecule has 2 heterocycles. The largest absolute Gasteiger partial charge is 0.414 e. The Morgan fingerprint density at radius 2 is 2.50 bits per heavy atom. The maximum absolute atomic E-state index is 5.30. The highest BCUT2D eigenvalue weighted by Crippen LogP contribution is 2.23. The number of rotatable bonds is 1. The number of aromatic amines is 1. The van der Waals surface area contributed by atoms with Crippen LogP contribution in [0, 0.1) is 4.84 Å². The van der Waals surface area contributed by atoms with Crippen molar-refractivity contribution in [3.8, 4) is 0 Å². The summed E-state index contributed by atoms with van der Waals surface area (Å²) in [5.74, 6) is 0.964. The van der Waals surface area contributed by atoms with E-state index < -0.39 is 0 Å². The number of hydrogen-bond acceptors (Lipinski definition) is 4. The molecule has 2 rings (SSSR count).